The topological polar surface area (TPSA) is 84.5 Å². The van der Waals surface area contributed by atoms with Gasteiger partial charge in [0.15, 0.2) is 0 Å². The highest BCUT2D eigenvalue weighted by molar-refractivity contribution is 7.89. The van der Waals surface area contributed by atoms with Gasteiger partial charge in [-0.05, 0) is 30.7 Å². The first-order valence-electron chi connectivity index (χ1n) is 6.91. The molecule has 2 N–H and O–H groups in total. The van der Waals surface area contributed by atoms with Crippen molar-refractivity contribution in [3.8, 4) is 5.75 Å². The summed E-state index contributed by atoms with van der Waals surface area (Å²) in [6, 6.07) is 13.4. The first-order chi connectivity index (χ1) is 10.9. The molecule has 2 aromatic carbocycles. The number of aryl methyl sites for hydroxylation is 1. The van der Waals surface area contributed by atoms with Crippen molar-refractivity contribution in [1.82, 2.24) is 4.72 Å². The summed E-state index contributed by atoms with van der Waals surface area (Å²) in [4.78, 5) is 12.1. The fourth-order valence-corrected chi connectivity index (χ4v) is 3.23. The van der Waals surface area contributed by atoms with Crippen LogP contribution in [-0.2, 0) is 14.8 Å². The van der Waals surface area contributed by atoms with Crippen molar-refractivity contribution in [2.24, 2.45) is 0 Å². The van der Waals surface area contributed by atoms with Gasteiger partial charge < -0.3 is 10.1 Å². The first-order valence-corrected chi connectivity index (χ1v) is 8.40. The van der Waals surface area contributed by atoms with Crippen molar-refractivity contribution in [1.29, 1.82) is 0 Å². The number of ether oxygens (including phenoxy) is 1. The van der Waals surface area contributed by atoms with E-state index in [1.807, 2.05) is 0 Å². The van der Waals surface area contributed by atoms with Gasteiger partial charge in [-0.2, -0.15) is 0 Å². The summed E-state index contributed by atoms with van der Waals surface area (Å²) >= 11 is 0. The third-order valence-electron chi connectivity index (χ3n) is 3.16. The summed E-state index contributed by atoms with van der Waals surface area (Å²) < 4.78 is 31.8. The summed E-state index contributed by atoms with van der Waals surface area (Å²) in [7, 11) is -2.20. The molecule has 1 amide bonds. The molecule has 0 aromatic heterocycles. The zero-order chi connectivity index (χ0) is 16.9. The fourth-order valence-electron chi connectivity index (χ4n) is 2.00. The number of rotatable bonds is 6. The average molecular weight is 334 g/mol. The van der Waals surface area contributed by atoms with E-state index in [9.17, 15) is 13.2 Å². The Bertz CT molecular complexity index is 803. The molecule has 2 rings (SSSR count). The lowest BCUT2D eigenvalue weighted by Crippen LogP contribution is -2.33. The van der Waals surface area contributed by atoms with Gasteiger partial charge >= 0.3 is 0 Å². The summed E-state index contributed by atoms with van der Waals surface area (Å²) in [5, 5.41) is 2.61. The Hall–Kier alpha value is -2.38. The lowest BCUT2D eigenvalue weighted by Gasteiger charge is -2.10. The van der Waals surface area contributed by atoms with Gasteiger partial charge in [-0.1, -0.05) is 24.3 Å². The number of hydrogen-bond acceptors (Lipinski definition) is 4. The molecule has 0 unspecified atom stereocenters. The van der Waals surface area contributed by atoms with Gasteiger partial charge in [0, 0.05) is 11.8 Å². The highest BCUT2D eigenvalue weighted by atomic mass is 32.2. The number of carbonyl (C=O) groups is 1. The minimum absolute atomic E-state index is 0.161. The molecule has 23 heavy (non-hydrogen) atoms. The number of carbonyl (C=O) groups excluding carboxylic acids is 1. The molecule has 7 heteroatoms. The van der Waals surface area contributed by atoms with Crippen LogP contribution in [0.15, 0.2) is 53.4 Å². The average Bonchev–Trinajstić information content (AvgIpc) is 2.53. The third-order valence-corrected chi connectivity index (χ3v) is 4.72. The Labute approximate surface area is 135 Å². The van der Waals surface area contributed by atoms with E-state index in [0.29, 0.717) is 17.0 Å². The van der Waals surface area contributed by atoms with Crippen LogP contribution in [0.5, 0.6) is 5.75 Å². The van der Waals surface area contributed by atoms with E-state index >= 15 is 0 Å². The van der Waals surface area contributed by atoms with E-state index in [1.165, 1.54) is 13.2 Å². The molecule has 0 heterocycles. The predicted octanol–water partition coefficient (Wildman–Crippen LogP) is 1.92. The number of sulfonamides is 1. The molecule has 0 saturated carbocycles. The molecular weight excluding hydrogens is 316 g/mol. The second-order valence-electron chi connectivity index (χ2n) is 4.87. The van der Waals surface area contributed by atoms with Gasteiger partial charge in [0.25, 0.3) is 0 Å². The van der Waals surface area contributed by atoms with Crippen LogP contribution in [0.3, 0.4) is 0 Å². The summed E-state index contributed by atoms with van der Waals surface area (Å²) in [5.41, 5.74) is 1.15. The monoisotopic (exact) mass is 334 g/mol. The molecule has 0 spiro atoms. The lowest BCUT2D eigenvalue weighted by atomic mass is 10.2. The Balaban J connectivity index is 2.00. The molecule has 6 nitrogen and oxygen atoms in total. The van der Waals surface area contributed by atoms with Crippen LogP contribution in [0.4, 0.5) is 5.69 Å². The molecule has 2 aromatic rings. The molecular formula is C16H18N2O4S. The highest BCUT2D eigenvalue weighted by Gasteiger charge is 2.17. The van der Waals surface area contributed by atoms with E-state index in [1.54, 1.807) is 49.4 Å². The summed E-state index contributed by atoms with van der Waals surface area (Å²) in [6.45, 7) is 1.35. The maximum absolute atomic E-state index is 12.2. The van der Waals surface area contributed by atoms with Crippen LogP contribution in [0.2, 0.25) is 0 Å². The minimum atomic E-state index is -3.73. The second-order valence-corrected chi connectivity index (χ2v) is 6.61. The van der Waals surface area contributed by atoms with Crippen molar-refractivity contribution >= 4 is 21.6 Å². The SMILES string of the molecule is COc1cccc(NC(=O)CNS(=O)(=O)c2ccccc2C)c1. The number of amides is 1. The Kier molecular flexibility index (Phi) is 5.36. The quantitative estimate of drug-likeness (QED) is 0.845. The van der Waals surface area contributed by atoms with Gasteiger partial charge in [0.2, 0.25) is 15.9 Å². The number of nitrogens with one attached hydrogen (secondary N) is 2. The predicted molar refractivity (Wildman–Crippen MR) is 88.0 cm³/mol. The van der Waals surface area contributed by atoms with Gasteiger partial charge in [0.05, 0.1) is 18.6 Å². The zero-order valence-corrected chi connectivity index (χ0v) is 13.7. The minimum Gasteiger partial charge on any atom is -0.497 e. The molecule has 0 aliphatic heterocycles. The van der Waals surface area contributed by atoms with Crippen LogP contribution in [0.25, 0.3) is 0 Å². The Morgan fingerprint density at radius 3 is 2.57 bits per heavy atom. The molecule has 0 aliphatic carbocycles. The van der Waals surface area contributed by atoms with E-state index in [2.05, 4.69) is 10.0 Å². The van der Waals surface area contributed by atoms with Gasteiger partial charge in [-0.25, -0.2) is 13.1 Å². The molecule has 0 fully saturated rings. The second kappa shape index (κ2) is 7.26. The molecule has 0 radical (unpaired) electrons. The maximum atomic E-state index is 12.2. The number of benzene rings is 2. The summed E-state index contributed by atoms with van der Waals surface area (Å²) in [6.07, 6.45) is 0. The number of hydrogen-bond donors (Lipinski definition) is 2. The van der Waals surface area contributed by atoms with Crippen molar-refractivity contribution < 1.29 is 17.9 Å². The largest absolute Gasteiger partial charge is 0.497 e. The van der Waals surface area contributed by atoms with E-state index in [-0.39, 0.29) is 11.4 Å². The van der Waals surface area contributed by atoms with Crippen molar-refractivity contribution in [2.45, 2.75) is 11.8 Å². The van der Waals surface area contributed by atoms with E-state index < -0.39 is 15.9 Å². The van der Waals surface area contributed by atoms with Crippen LogP contribution >= 0.6 is 0 Å². The molecule has 0 bridgehead atoms. The standard InChI is InChI=1S/C16H18N2O4S/c1-12-6-3-4-9-15(12)23(20,21)17-11-16(19)18-13-7-5-8-14(10-13)22-2/h3-10,17H,11H2,1-2H3,(H,18,19). The Morgan fingerprint density at radius 1 is 1.13 bits per heavy atom. The van der Waals surface area contributed by atoms with Crippen molar-refractivity contribution in [2.75, 3.05) is 19.0 Å². The lowest BCUT2D eigenvalue weighted by molar-refractivity contribution is -0.115. The van der Waals surface area contributed by atoms with Gasteiger partial charge in [-0.3, -0.25) is 4.79 Å². The normalized spacial score (nSPS) is 11.0. The number of anilines is 1. The summed E-state index contributed by atoms with van der Waals surface area (Å²) in [5.74, 6) is 0.138. The molecule has 0 aliphatic rings. The van der Waals surface area contributed by atoms with Gasteiger partial charge in [-0.15, -0.1) is 0 Å². The maximum Gasteiger partial charge on any atom is 0.241 e. The van der Waals surface area contributed by atoms with Crippen LogP contribution < -0.4 is 14.8 Å². The van der Waals surface area contributed by atoms with Crippen LogP contribution in [-0.4, -0.2) is 28.0 Å². The molecule has 0 saturated heterocycles. The molecule has 0 atom stereocenters. The number of methoxy groups -OCH3 is 1. The third kappa shape index (κ3) is 4.54. The first kappa shape index (κ1) is 17.0. The van der Waals surface area contributed by atoms with Crippen LogP contribution in [0, 0.1) is 6.92 Å². The van der Waals surface area contributed by atoms with Crippen LogP contribution in [0.1, 0.15) is 5.56 Å². The zero-order valence-electron chi connectivity index (χ0n) is 12.9. The molecule has 122 valence electrons. The van der Waals surface area contributed by atoms with Crippen molar-refractivity contribution in [3.63, 3.8) is 0 Å². The van der Waals surface area contributed by atoms with Gasteiger partial charge in [0.1, 0.15) is 5.75 Å². The fraction of sp³-hybridized carbons (Fsp3) is 0.188. The Morgan fingerprint density at radius 2 is 1.87 bits per heavy atom. The highest BCUT2D eigenvalue weighted by Crippen LogP contribution is 2.17. The smallest absolute Gasteiger partial charge is 0.241 e. The van der Waals surface area contributed by atoms with E-state index in [0.717, 1.165) is 0 Å². The van der Waals surface area contributed by atoms with E-state index in [4.69, 9.17) is 4.74 Å². The van der Waals surface area contributed by atoms with Crippen molar-refractivity contribution in [3.05, 3.63) is 54.1 Å².